The highest BCUT2D eigenvalue weighted by Crippen LogP contribution is 2.45. The van der Waals surface area contributed by atoms with Gasteiger partial charge in [-0.1, -0.05) is 118 Å². The lowest BCUT2D eigenvalue weighted by atomic mass is 9.89. The van der Waals surface area contributed by atoms with Gasteiger partial charge in [-0.05, 0) is 62.7 Å². The third kappa shape index (κ3) is 12.3. The smallest absolute Gasteiger partial charge is 0.340 e. The number of benzene rings is 4. The molecule has 380 valence electrons. The molecule has 0 aromatic heterocycles. The van der Waals surface area contributed by atoms with E-state index in [9.17, 15) is 19.2 Å². The van der Waals surface area contributed by atoms with Crippen LogP contribution < -0.4 is 0 Å². The summed E-state index contributed by atoms with van der Waals surface area (Å²) in [6.07, 6.45) is -13.9. The van der Waals surface area contributed by atoms with Crippen molar-refractivity contribution in [3.8, 4) is 0 Å². The van der Waals surface area contributed by atoms with Gasteiger partial charge in [0, 0.05) is 18.1 Å². The average molecular weight is 997 g/mol. The van der Waals surface area contributed by atoms with Crippen molar-refractivity contribution in [2.75, 3.05) is 19.8 Å². The average Bonchev–Trinajstić information content (AvgIpc) is 3.36. The Kier molecular flexibility index (Phi) is 16.3. The molecule has 4 aromatic rings. The van der Waals surface area contributed by atoms with Crippen LogP contribution in [0.15, 0.2) is 121 Å². The standard InChI is InChI=1S/C54H64O16Si/c1-33(55)59-30-29-54(5,6)52(58)68-44-42(40-38(31-60-48(65-40)36-25-17-11-18-26-36)63-51(44)69-47(57)35-23-15-10-16-24-35)67-50-45(64-46(56)34-21-13-9-14-22-34)43(70-71(7,8)53(2,3)4)41-39(62-50)32-61-49(66-41)37-27-19-12-20-28-37/h9-28,38-45,48-51H,29-32H2,1-8H3/t38-,39-,40-,41-,42+,43+,44-,45-,48?,49?,50+,51-/m1/s1. The Morgan fingerprint density at radius 2 is 1.01 bits per heavy atom. The van der Waals surface area contributed by atoms with Crippen LogP contribution in [0.1, 0.15) is 92.4 Å². The molecule has 8 rings (SSSR count). The normalized spacial score (nSPS) is 28.8. The molecule has 17 heteroatoms. The minimum absolute atomic E-state index is 0.0211. The van der Waals surface area contributed by atoms with Gasteiger partial charge in [0.2, 0.25) is 6.29 Å². The molecule has 0 bridgehead atoms. The summed E-state index contributed by atoms with van der Waals surface area (Å²) >= 11 is 0. The quantitative estimate of drug-likeness (QED) is 0.0629. The predicted octanol–water partition coefficient (Wildman–Crippen LogP) is 8.41. The van der Waals surface area contributed by atoms with Crippen molar-refractivity contribution in [3.05, 3.63) is 144 Å². The third-order valence-corrected chi connectivity index (χ3v) is 18.0. The summed E-state index contributed by atoms with van der Waals surface area (Å²) < 4.78 is 78.4. The van der Waals surface area contributed by atoms with Gasteiger partial charge in [0.05, 0.1) is 36.4 Å². The number of carbonyl (C=O) groups is 4. The number of hydrogen-bond donors (Lipinski definition) is 0. The van der Waals surface area contributed by atoms with Gasteiger partial charge in [-0.25, -0.2) is 9.59 Å². The van der Waals surface area contributed by atoms with Crippen LogP contribution in [0.5, 0.6) is 0 Å². The molecule has 4 aliphatic heterocycles. The molecule has 0 saturated carbocycles. The van der Waals surface area contributed by atoms with Gasteiger partial charge in [-0.2, -0.15) is 0 Å². The molecule has 4 fully saturated rings. The largest absolute Gasteiger partial charge is 0.466 e. The van der Waals surface area contributed by atoms with Crippen LogP contribution in [0.4, 0.5) is 0 Å². The monoisotopic (exact) mass is 996 g/mol. The van der Waals surface area contributed by atoms with Gasteiger partial charge in [-0.3, -0.25) is 9.59 Å². The second-order valence-corrected chi connectivity index (χ2v) is 25.0. The molecule has 0 radical (unpaired) electrons. The van der Waals surface area contributed by atoms with Gasteiger partial charge in [0.15, 0.2) is 39.4 Å². The molecule has 0 spiro atoms. The first-order chi connectivity index (χ1) is 33.9. The van der Waals surface area contributed by atoms with Gasteiger partial charge in [0.1, 0.15) is 36.6 Å². The minimum Gasteiger partial charge on any atom is -0.466 e. The molecule has 0 amide bonds. The Hall–Kier alpha value is -5.34. The molecule has 4 aromatic carbocycles. The van der Waals surface area contributed by atoms with Gasteiger partial charge in [0.25, 0.3) is 0 Å². The van der Waals surface area contributed by atoms with E-state index in [0.717, 1.165) is 5.56 Å². The molecule has 4 aliphatic rings. The Balaban J connectivity index is 1.23. The first-order valence-electron chi connectivity index (χ1n) is 24.0. The second kappa shape index (κ2) is 22.2. The highest BCUT2D eigenvalue weighted by molar-refractivity contribution is 6.74. The number of fused-ring (bicyclic) bond motifs is 2. The summed E-state index contributed by atoms with van der Waals surface area (Å²) in [7, 11) is -2.78. The lowest BCUT2D eigenvalue weighted by Gasteiger charge is -2.53. The lowest BCUT2D eigenvalue weighted by molar-refractivity contribution is -0.400. The molecular weight excluding hydrogens is 933 g/mol. The van der Waals surface area contributed by atoms with Crippen molar-refractivity contribution < 1.29 is 75.7 Å². The van der Waals surface area contributed by atoms with Crippen molar-refractivity contribution in [1.82, 2.24) is 0 Å². The summed E-state index contributed by atoms with van der Waals surface area (Å²) in [5.74, 6) is -2.73. The molecule has 0 aliphatic carbocycles. The number of rotatable bonds is 15. The summed E-state index contributed by atoms with van der Waals surface area (Å²) in [6.45, 7) is 14.9. The SMILES string of the molecule is CC(=O)OCCC(C)(C)C(=O)O[C@H]1[C@@H](OC(=O)c2ccccc2)O[C@@H]2COC(c3ccccc3)O[C@H]2[C@@H]1O[C@@H]1O[C@@H]2COC(c3ccccc3)O[C@H]2[C@H](O[Si](C)(C)C(C)(C)C)[C@H]1OC(=O)c1ccccc1. The number of ether oxygens (including phenoxy) is 11. The molecule has 71 heavy (non-hydrogen) atoms. The van der Waals surface area contributed by atoms with Crippen LogP contribution in [0.25, 0.3) is 0 Å². The summed E-state index contributed by atoms with van der Waals surface area (Å²) in [4.78, 5) is 54.7. The zero-order valence-electron chi connectivity index (χ0n) is 41.3. The van der Waals surface area contributed by atoms with Gasteiger partial charge >= 0.3 is 23.9 Å². The maximum Gasteiger partial charge on any atom is 0.340 e. The van der Waals surface area contributed by atoms with Crippen LogP contribution in [0.2, 0.25) is 18.1 Å². The maximum absolute atomic E-state index is 14.6. The van der Waals surface area contributed by atoms with E-state index in [1.54, 1.807) is 74.5 Å². The topological polar surface area (TPSA) is 179 Å². The second-order valence-electron chi connectivity index (χ2n) is 20.2. The zero-order chi connectivity index (χ0) is 50.5. The highest BCUT2D eigenvalue weighted by atomic mass is 28.4. The Morgan fingerprint density at radius 1 is 0.563 bits per heavy atom. The van der Waals surface area contributed by atoms with Crippen LogP contribution in [0.3, 0.4) is 0 Å². The van der Waals surface area contributed by atoms with E-state index >= 15 is 0 Å². The third-order valence-electron chi connectivity index (χ3n) is 13.6. The lowest BCUT2D eigenvalue weighted by Crippen LogP contribution is -2.69. The van der Waals surface area contributed by atoms with E-state index in [4.69, 9.17) is 56.5 Å². The van der Waals surface area contributed by atoms with Crippen molar-refractivity contribution in [1.29, 1.82) is 0 Å². The first kappa shape index (κ1) is 52.0. The highest BCUT2D eigenvalue weighted by Gasteiger charge is 2.60. The van der Waals surface area contributed by atoms with Crippen LogP contribution in [-0.2, 0) is 66.1 Å². The molecule has 4 heterocycles. The molecule has 0 N–H and O–H groups in total. The fraction of sp³-hybridized carbons (Fsp3) is 0.481. The molecular formula is C54H64O16Si. The molecule has 12 atom stereocenters. The Bertz CT molecular complexity index is 2420. The van der Waals surface area contributed by atoms with E-state index in [1.165, 1.54) is 6.92 Å². The maximum atomic E-state index is 14.6. The zero-order valence-corrected chi connectivity index (χ0v) is 42.3. The predicted molar refractivity (Wildman–Crippen MR) is 257 cm³/mol. The first-order valence-corrected chi connectivity index (χ1v) is 26.9. The van der Waals surface area contributed by atoms with Crippen LogP contribution >= 0.6 is 0 Å². The fourth-order valence-corrected chi connectivity index (χ4v) is 9.72. The fourth-order valence-electron chi connectivity index (χ4n) is 8.42. The van der Waals surface area contributed by atoms with E-state index in [-0.39, 0.29) is 42.4 Å². The van der Waals surface area contributed by atoms with Crippen molar-refractivity contribution in [2.45, 2.75) is 140 Å². The summed E-state index contributed by atoms with van der Waals surface area (Å²) in [6, 6.07) is 35.5. The van der Waals surface area contributed by atoms with Crippen molar-refractivity contribution >= 4 is 32.2 Å². The number of carbonyl (C=O) groups excluding carboxylic acids is 4. The van der Waals surface area contributed by atoms with E-state index in [0.29, 0.717) is 5.56 Å². The van der Waals surface area contributed by atoms with Gasteiger partial charge in [-0.15, -0.1) is 0 Å². The summed E-state index contributed by atoms with van der Waals surface area (Å²) in [5.41, 5.74) is 0.650. The van der Waals surface area contributed by atoms with Gasteiger partial charge < -0.3 is 56.5 Å². The Morgan fingerprint density at radius 3 is 1.51 bits per heavy atom. The van der Waals surface area contributed by atoms with E-state index in [1.807, 2.05) is 60.7 Å². The number of esters is 4. The molecule has 4 saturated heterocycles. The minimum atomic E-state index is -2.78. The molecule has 2 unspecified atom stereocenters. The molecule has 16 nitrogen and oxygen atoms in total. The van der Waals surface area contributed by atoms with Crippen molar-refractivity contribution in [2.24, 2.45) is 5.41 Å². The Labute approximate surface area is 415 Å². The number of hydrogen-bond acceptors (Lipinski definition) is 16. The van der Waals surface area contributed by atoms with E-state index < -0.39 is 112 Å². The van der Waals surface area contributed by atoms with Crippen LogP contribution in [0, 0.1) is 5.41 Å². The van der Waals surface area contributed by atoms with Crippen LogP contribution in [-0.4, -0.2) is 113 Å². The van der Waals surface area contributed by atoms with E-state index in [2.05, 4.69) is 33.9 Å². The summed E-state index contributed by atoms with van der Waals surface area (Å²) in [5, 5.41) is -0.330. The van der Waals surface area contributed by atoms with Crippen molar-refractivity contribution in [3.63, 3.8) is 0 Å².